The molecule has 146 valence electrons. The Morgan fingerprint density at radius 3 is 2.74 bits per heavy atom. The molecule has 1 aliphatic rings. The van der Waals surface area contributed by atoms with Crippen LogP contribution in [0.5, 0.6) is 0 Å². The van der Waals surface area contributed by atoms with Crippen LogP contribution in [0.2, 0.25) is 0 Å². The van der Waals surface area contributed by atoms with Crippen LogP contribution >= 0.6 is 11.3 Å². The number of ether oxygens (including phenoxy) is 2. The first kappa shape index (κ1) is 19.7. The molecule has 0 bridgehead atoms. The molecule has 7 nitrogen and oxygen atoms in total. The van der Waals surface area contributed by atoms with E-state index in [2.05, 4.69) is 4.98 Å². The van der Waals surface area contributed by atoms with Gasteiger partial charge in [0.05, 0.1) is 10.2 Å². The van der Waals surface area contributed by atoms with E-state index in [4.69, 9.17) is 15.2 Å². The predicted molar refractivity (Wildman–Crippen MR) is 103 cm³/mol. The van der Waals surface area contributed by atoms with Crippen molar-refractivity contribution < 1.29 is 19.1 Å². The Morgan fingerprint density at radius 2 is 2.07 bits per heavy atom. The molecule has 1 aromatic heterocycles. The van der Waals surface area contributed by atoms with Crippen LogP contribution in [-0.4, -0.2) is 55.3 Å². The lowest BCUT2D eigenvalue weighted by Gasteiger charge is -2.33. The van der Waals surface area contributed by atoms with Gasteiger partial charge in [-0.2, -0.15) is 0 Å². The van der Waals surface area contributed by atoms with Gasteiger partial charge in [0.25, 0.3) is 0 Å². The van der Waals surface area contributed by atoms with Gasteiger partial charge in [-0.05, 0) is 37.3 Å². The summed E-state index contributed by atoms with van der Waals surface area (Å²) in [5.74, 6) is -1.38. The molecule has 1 fully saturated rings. The van der Waals surface area contributed by atoms with Gasteiger partial charge in [0, 0.05) is 26.8 Å². The van der Waals surface area contributed by atoms with Crippen LogP contribution in [0.15, 0.2) is 24.3 Å². The molecule has 2 heterocycles. The van der Waals surface area contributed by atoms with Crippen LogP contribution in [0.4, 0.5) is 0 Å². The van der Waals surface area contributed by atoms with Crippen molar-refractivity contribution in [1.29, 1.82) is 0 Å². The minimum atomic E-state index is -1.01. The summed E-state index contributed by atoms with van der Waals surface area (Å²) in [6.45, 7) is 2.22. The third kappa shape index (κ3) is 4.82. The smallest absolute Gasteiger partial charge is 0.242 e. The van der Waals surface area contributed by atoms with Crippen molar-refractivity contribution in [3.8, 4) is 0 Å². The number of carbonyl (C=O) groups excluding carboxylic acids is 2. The molecule has 1 atom stereocenters. The summed E-state index contributed by atoms with van der Waals surface area (Å²) in [5, 5.41) is 0.476. The maximum Gasteiger partial charge on any atom is 0.242 e. The van der Waals surface area contributed by atoms with Gasteiger partial charge in [-0.25, -0.2) is 4.98 Å². The number of benzene rings is 1. The van der Waals surface area contributed by atoms with Crippen molar-refractivity contribution in [3.05, 3.63) is 29.3 Å². The fourth-order valence-corrected chi connectivity index (χ4v) is 4.45. The van der Waals surface area contributed by atoms with Crippen molar-refractivity contribution >= 4 is 33.4 Å². The molecule has 1 saturated heterocycles. The highest BCUT2D eigenvalue weighted by Crippen LogP contribution is 2.30. The largest absolute Gasteiger partial charge is 0.369 e. The second-order valence-corrected chi connectivity index (χ2v) is 7.79. The Balaban J connectivity index is 1.62. The number of piperidine rings is 1. The van der Waals surface area contributed by atoms with Gasteiger partial charge in [0.15, 0.2) is 5.92 Å². The minimum Gasteiger partial charge on any atom is -0.369 e. The second kappa shape index (κ2) is 9.25. The fourth-order valence-electron chi connectivity index (χ4n) is 3.38. The normalized spacial score (nSPS) is 16.6. The van der Waals surface area contributed by atoms with Crippen LogP contribution in [0, 0.1) is 5.92 Å². The van der Waals surface area contributed by atoms with Crippen molar-refractivity contribution in [2.45, 2.75) is 25.2 Å². The lowest BCUT2D eigenvalue weighted by molar-refractivity contribution is -0.138. The molecule has 0 saturated carbocycles. The Kier molecular flexibility index (Phi) is 6.76. The van der Waals surface area contributed by atoms with E-state index >= 15 is 0 Å². The lowest BCUT2D eigenvalue weighted by atomic mass is 9.93. The number of aromatic nitrogens is 1. The highest BCUT2D eigenvalue weighted by Gasteiger charge is 2.35. The number of fused-ring (bicyclic) bond motifs is 1. The molecule has 0 unspecified atom stereocenters. The van der Waals surface area contributed by atoms with Crippen LogP contribution in [0.3, 0.4) is 0 Å². The first-order valence-corrected chi connectivity index (χ1v) is 9.92. The van der Waals surface area contributed by atoms with Gasteiger partial charge >= 0.3 is 0 Å². The number of para-hydroxylation sites is 1. The maximum absolute atomic E-state index is 13.0. The molecule has 0 spiro atoms. The zero-order chi connectivity index (χ0) is 19.2. The molecule has 2 aromatic rings. The second-order valence-electron chi connectivity index (χ2n) is 6.73. The quantitative estimate of drug-likeness (QED) is 0.422. The SMILES string of the molecule is COCOCCC1CCN(C(=O)[C@H](C(N)=O)c2nc3ccccc3s2)CC1. The van der Waals surface area contributed by atoms with E-state index in [1.807, 2.05) is 24.3 Å². The number of likely N-dealkylation sites (tertiary alicyclic amines) is 1. The molecule has 1 aliphatic heterocycles. The highest BCUT2D eigenvalue weighted by atomic mass is 32.1. The van der Waals surface area contributed by atoms with Crippen LogP contribution in [0.25, 0.3) is 10.2 Å². The molecule has 8 heteroatoms. The molecule has 3 rings (SSSR count). The zero-order valence-corrected chi connectivity index (χ0v) is 16.2. The summed E-state index contributed by atoms with van der Waals surface area (Å²) in [6.07, 6.45) is 2.74. The molecular formula is C19H25N3O4S. The van der Waals surface area contributed by atoms with Gasteiger partial charge in [0.2, 0.25) is 11.8 Å². The number of methoxy groups -OCH3 is 1. The van der Waals surface area contributed by atoms with E-state index in [9.17, 15) is 9.59 Å². The summed E-state index contributed by atoms with van der Waals surface area (Å²) in [4.78, 5) is 31.2. The number of primary amides is 1. The number of nitrogens with zero attached hydrogens (tertiary/aromatic N) is 2. The van der Waals surface area contributed by atoms with Gasteiger partial charge < -0.3 is 20.1 Å². The van der Waals surface area contributed by atoms with E-state index in [0.717, 1.165) is 29.5 Å². The molecule has 1 aromatic carbocycles. The number of hydrogen-bond donors (Lipinski definition) is 1. The highest BCUT2D eigenvalue weighted by molar-refractivity contribution is 7.18. The average molecular weight is 391 g/mol. The molecule has 0 aliphatic carbocycles. The molecule has 2 N–H and O–H groups in total. The number of carbonyl (C=O) groups is 2. The van der Waals surface area contributed by atoms with Crippen molar-refractivity contribution in [1.82, 2.24) is 9.88 Å². The van der Waals surface area contributed by atoms with Crippen LogP contribution < -0.4 is 5.73 Å². The average Bonchev–Trinajstić information content (AvgIpc) is 3.09. The number of hydrogen-bond acceptors (Lipinski definition) is 6. The van der Waals surface area contributed by atoms with Crippen molar-refractivity contribution in [3.63, 3.8) is 0 Å². The van der Waals surface area contributed by atoms with E-state index in [1.165, 1.54) is 11.3 Å². The molecular weight excluding hydrogens is 366 g/mol. The number of rotatable bonds is 8. The Hall–Kier alpha value is -2.03. The number of amides is 2. The maximum atomic E-state index is 13.0. The van der Waals surface area contributed by atoms with E-state index in [0.29, 0.717) is 37.4 Å². The van der Waals surface area contributed by atoms with E-state index in [-0.39, 0.29) is 5.91 Å². The first-order valence-electron chi connectivity index (χ1n) is 9.10. The van der Waals surface area contributed by atoms with Crippen LogP contribution in [0.1, 0.15) is 30.2 Å². The topological polar surface area (TPSA) is 94.8 Å². The summed E-state index contributed by atoms with van der Waals surface area (Å²) in [7, 11) is 1.60. The Bertz CT molecular complexity index is 753. The van der Waals surface area contributed by atoms with Crippen molar-refractivity contribution in [2.75, 3.05) is 33.6 Å². The van der Waals surface area contributed by atoms with E-state index in [1.54, 1.807) is 12.0 Å². The number of nitrogens with two attached hydrogens (primary N) is 1. The summed E-state index contributed by atoms with van der Waals surface area (Å²) in [6, 6.07) is 7.59. The molecule has 2 amide bonds. The summed E-state index contributed by atoms with van der Waals surface area (Å²) < 4.78 is 11.2. The Labute approximate surface area is 162 Å². The van der Waals surface area contributed by atoms with Crippen LogP contribution in [-0.2, 0) is 19.1 Å². The number of thiazole rings is 1. The van der Waals surface area contributed by atoms with Gasteiger partial charge in [-0.3, -0.25) is 9.59 Å². The Morgan fingerprint density at radius 1 is 1.33 bits per heavy atom. The first-order chi connectivity index (χ1) is 13.1. The van der Waals surface area contributed by atoms with Gasteiger partial charge in [0.1, 0.15) is 11.8 Å². The summed E-state index contributed by atoms with van der Waals surface area (Å²) >= 11 is 1.35. The monoisotopic (exact) mass is 391 g/mol. The third-order valence-corrected chi connectivity index (χ3v) is 5.99. The molecule has 0 radical (unpaired) electrons. The standard InChI is InChI=1S/C19H25N3O4S/c1-25-12-26-11-8-13-6-9-22(10-7-13)19(24)16(17(20)23)18-21-14-4-2-3-5-15(14)27-18/h2-5,13,16H,6-12H2,1H3,(H2,20,23)/t16-/m1/s1. The van der Waals surface area contributed by atoms with E-state index < -0.39 is 11.8 Å². The third-order valence-electron chi connectivity index (χ3n) is 4.89. The van der Waals surface area contributed by atoms with Crippen molar-refractivity contribution in [2.24, 2.45) is 11.7 Å². The predicted octanol–water partition coefficient (Wildman–Crippen LogP) is 2.11. The molecule has 27 heavy (non-hydrogen) atoms. The van der Waals surface area contributed by atoms with Gasteiger partial charge in [-0.1, -0.05) is 12.1 Å². The minimum absolute atomic E-state index is 0.240. The van der Waals surface area contributed by atoms with Gasteiger partial charge in [-0.15, -0.1) is 11.3 Å². The summed E-state index contributed by atoms with van der Waals surface area (Å²) in [5.41, 5.74) is 6.36. The lowest BCUT2D eigenvalue weighted by Crippen LogP contribution is -2.44. The fraction of sp³-hybridized carbons (Fsp3) is 0.526. The zero-order valence-electron chi connectivity index (χ0n) is 15.4.